The molecule has 2 unspecified atom stereocenters. The van der Waals surface area contributed by atoms with Crippen LogP contribution in [-0.4, -0.2) is 44.3 Å². The van der Waals surface area contributed by atoms with Crippen molar-refractivity contribution in [1.82, 2.24) is 14.9 Å². The van der Waals surface area contributed by atoms with Crippen molar-refractivity contribution in [2.75, 3.05) is 18.5 Å². The molecule has 0 amide bonds. The molecule has 4 rings (SSSR count). The first-order valence-corrected chi connectivity index (χ1v) is 11.4. The SMILES string of the molecule is C=C(c1ccc(-c2ccnc(Nc3cccc(C(C)O)c3)n2)s1)N1CCCCC1CO. The van der Waals surface area contributed by atoms with E-state index >= 15 is 0 Å². The Hall–Kier alpha value is -2.74. The highest BCUT2D eigenvalue weighted by molar-refractivity contribution is 7.16. The lowest BCUT2D eigenvalue weighted by molar-refractivity contribution is 0.140. The number of aromatic nitrogens is 2. The van der Waals surface area contributed by atoms with Gasteiger partial charge in [0.1, 0.15) is 0 Å². The van der Waals surface area contributed by atoms with Gasteiger partial charge in [0.25, 0.3) is 0 Å². The van der Waals surface area contributed by atoms with Crippen LogP contribution in [0.25, 0.3) is 16.3 Å². The first-order valence-electron chi connectivity index (χ1n) is 10.6. The highest BCUT2D eigenvalue weighted by Crippen LogP contribution is 2.34. The van der Waals surface area contributed by atoms with E-state index in [4.69, 9.17) is 0 Å². The van der Waals surface area contributed by atoms with Crippen molar-refractivity contribution in [2.24, 2.45) is 0 Å². The molecule has 0 spiro atoms. The summed E-state index contributed by atoms with van der Waals surface area (Å²) in [5.41, 5.74) is 3.47. The number of anilines is 2. The molecule has 1 aromatic carbocycles. The van der Waals surface area contributed by atoms with Crippen molar-refractivity contribution in [3.05, 3.63) is 65.7 Å². The summed E-state index contributed by atoms with van der Waals surface area (Å²) in [6.07, 6.45) is 4.50. The van der Waals surface area contributed by atoms with E-state index in [9.17, 15) is 10.2 Å². The van der Waals surface area contributed by atoms with E-state index in [1.54, 1.807) is 24.5 Å². The van der Waals surface area contributed by atoms with E-state index in [0.717, 1.165) is 58.2 Å². The molecule has 162 valence electrons. The molecule has 3 heterocycles. The van der Waals surface area contributed by atoms with E-state index < -0.39 is 6.10 Å². The Morgan fingerprint density at radius 3 is 2.97 bits per heavy atom. The number of piperidine rings is 1. The van der Waals surface area contributed by atoms with Crippen LogP contribution in [0.2, 0.25) is 0 Å². The lowest BCUT2D eigenvalue weighted by Crippen LogP contribution is -2.40. The van der Waals surface area contributed by atoms with Crippen LogP contribution in [-0.2, 0) is 0 Å². The molecule has 3 aromatic rings. The predicted molar refractivity (Wildman–Crippen MR) is 126 cm³/mol. The summed E-state index contributed by atoms with van der Waals surface area (Å²) in [6, 6.07) is 13.8. The van der Waals surface area contributed by atoms with Gasteiger partial charge in [0.05, 0.1) is 34.2 Å². The van der Waals surface area contributed by atoms with Gasteiger partial charge in [-0.1, -0.05) is 18.7 Å². The van der Waals surface area contributed by atoms with Crippen LogP contribution in [0.15, 0.2) is 55.2 Å². The Kier molecular flexibility index (Phi) is 6.65. The number of benzene rings is 1. The van der Waals surface area contributed by atoms with Crippen molar-refractivity contribution in [1.29, 1.82) is 0 Å². The third-order valence-electron chi connectivity index (χ3n) is 5.61. The van der Waals surface area contributed by atoms with Gasteiger partial charge in [-0.05, 0) is 62.1 Å². The summed E-state index contributed by atoms with van der Waals surface area (Å²) in [7, 11) is 0. The van der Waals surface area contributed by atoms with Crippen molar-refractivity contribution >= 4 is 28.7 Å². The maximum Gasteiger partial charge on any atom is 0.227 e. The number of thiophene rings is 1. The second-order valence-corrected chi connectivity index (χ2v) is 8.91. The van der Waals surface area contributed by atoms with Gasteiger partial charge in [0.2, 0.25) is 5.95 Å². The van der Waals surface area contributed by atoms with Crippen LogP contribution in [0.3, 0.4) is 0 Å². The summed E-state index contributed by atoms with van der Waals surface area (Å²) < 4.78 is 0. The molecule has 31 heavy (non-hydrogen) atoms. The largest absolute Gasteiger partial charge is 0.394 e. The van der Waals surface area contributed by atoms with Gasteiger partial charge in [-0.15, -0.1) is 11.3 Å². The van der Waals surface area contributed by atoms with Crippen molar-refractivity contribution < 1.29 is 10.2 Å². The Morgan fingerprint density at radius 1 is 1.29 bits per heavy atom. The predicted octanol–water partition coefficient (Wildman–Crippen LogP) is 4.82. The van der Waals surface area contributed by atoms with Crippen LogP contribution >= 0.6 is 11.3 Å². The standard InChI is InChI=1S/C24H28N4O2S/c1-16(28-13-4-3-8-20(28)15-29)22-9-10-23(31-22)21-11-12-25-24(27-21)26-19-7-5-6-18(14-19)17(2)30/h5-7,9-12,14,17,20,29-30H,1,3-4,8,13,15H2,2H3,(H,25,26,27). The van der Waals surface area contributed by atoms with Crippen LogP contribution in [0, 0.1) is 0 Å². The molecule has 1 saturated heterocycles. The lowest BCUT2D eigenvalue weighted by Gasteiger charge is -2.37. The fourth-order valence-corrected chi connectivity index (χ4v) is 4.84. The van der Waals surface area contributed by atoms with Gasteiger partial charge in [-0.25, -0.2) is 9.97 Å². The molecular formula is C24H28N4O2S. The Bertz CT molecular complexity index is 1050. The zero-order valence-electron chi connectivity index (χ0n) is 17.7. The minimum atomic E-state index is -0.531. The molecule has 0 bridgehead atoms. The van der Waals surface area contributed by atoms with Gasteiger partial charge >= 0.3 is 0 Å². The molecule has 2 aromatic heterocycles. The summed E-state index contributed by atoms with van der Waals surface area (Å²) in [5.74, 6) is 0.505. The van der Waals surface area contributed by atoms with Crippen LogP contribution < -0.4 is 5.32 Å². The van der Waals surface area contributed by atoms with Crippen LogP contribution in [0.4, 0.5) is 11.6 Å². The van der Waals surface area contributed by atoms with Crippen LogP contribution in [0.1, 0.15) is 42.7 Å². The zero-order valence-corrected chi connectivity index (χ0v) is 18.5. The smallest absolute Gasteiger partial charge is 0.227 e. The van der Waals surface area contributed by atoms with Crippen molar-refractivity contribution in [3.63, 3.8) is 0 Å². The van der Waals surface area contributed by atoms with Crippen LogP contribution in [0.5, 0.6) is 0 Å². The Labute approximate surface area is 186 Å². The summed E-state index contributed by atoms with van der Waals surface area (Å²) in [4.78, 5) is 13.4. The normalized spacial score (nSPS) is 17.4. The molecular weight excluding hydrogens is 408 g/mol. The average Bonchev–Trinajstić information content (AvgIpc) is 3.29. The van der Waals surface area contributed by atoms with Gasteiger partial charge in [0.15, 0.2) is 0 Å². The number of nitrogens with zero attached hydrogens (tertiary/aromatic N) is 3. The van der Waals surface area contributed by atoms with E-state index in [1.807, 2.05) is 30.3 Å². The molecule has 0 radical (unpaired) electrons. The fourth-order valence-electron chi connectivity index (χ4n) is 3.88. The van der Waals surface area contributed by atoms with E-state index in [-0.39, 0.29) is 12.6 Å². The molecule has 0 aliphatic carbocycles. The Balaban J connectivity index is 1.52. The molecule has 2 atom stereocenters. The quantitative estimate of drug-likeness (QED) is 0.493. The second-order valence-electron chi connectivity index (χ2n) is 7.83. The molecule has 1 fully saturated rings. The first kappa shape index (κ1) is 21.5. The van der Waals surface area contributed by atoms with E-state index in [2.05, 4.69) is 38.9 Å². The Morgan fingerprint density at radius 2 is 2.16 bits per heavy atom. The van der Waals surface area contributed by atoms with Gasteiger partial charge in [0, 0.05) is 24.1 Å². The number of rotatable bonds is 7. The summed E-state index contributed by atoms with van der Waals surface area (Å²) in [5, 5.41) is 22.7. The molecule has 1 aliphatic heterocycles. The van der Waals surface area contributed by atoms with E-state index in [1.165, 1.54) is 0 Å². The van der Waals surface area contributed by atoms with Gasteiger partial charge < -0.3 is 20.4 Å². The maximum absolute atomic E-state index is 9.80. The third-order valence-corrected chi connectivity index (χ3v) is 6.76. The van der Waals surface area contributed by atoms with E-state index in [0.29, 0.717) is 5.95 Å². The topological polar surface area (TPSA) is 81.5 Å². The van der Waals surface area contributed by atoms with Crippen molar-refractivity contribution in [3.8, 4) is 10.6 Å². The summed E-state index contributed by atoms with van der Waals surface area (Å²) in [6.45, 7) is 7.15. The lowest BCUT2D eigenvalue weighted by atomic mass is 10.0. The zero-order chi connectivity index (χ0) is 21.8. The average molecular weight is 437 g/mol. The monoisotopic (exact) mass is 436 g/mol. The number of likely N-dealkylation sites (tertiary alicyclic amines) is 1. The number of hydrogen-bond acceptors (Lipinski definition) is 7. The highest BCUT2D eigenvalue weighted by Gasteiger charge is 2.24. The minimum absolute atomic E-state index is 0.152. The fraction of sp³-hybridized carbons (Fsp3) is 0.333. The maximum atomic E-state index is 9.80. The van der Waals surface area contributed by atoms with Gasteiger partial charge in [-0.3, -0.25) is 0 Å². The number of hydrogen-bond donors (Lipinski definition) is 3. The molecule has 3 N–H and O–H groups in total. The summed E-state index contributed by atoms with van der Waals surface area (Å²) >= 11 is 1.65. The van der Waals surface area contributed by atoms with Gasteiger partial charge in [-0.2, -0.15) is 0 Å². The number of aliphatic hydroxyl groups excluding tert-OH is 2. The second kappa shape index (κ2) is 9.60. The first-order chi connectivity index (χ1) is 15.0. The number of nitrogens with one attached hydrogen (secondary N) is 1. The molecule has 7 heteroatoms. The molecule has 1 aliphatic rings. The molecule has 0 saturated carbocycles. The molecule has 6 nitrogen and oxygen atoms in total. The third kappa shape index (κ3) is 4.95. The highest BCUT2D eigenvalue weighted by atomic mass is 32.1. The van der Waals surface area contributed by atoms with Crippen molar-refractivity contribution in [2.45, 2.75) is 38.3 Å². The minimum Gasteiger partial charge on any atom is -0.394 e. The number of aliphatic hydroxyl groups is 2.